The van der Waals surface area contributed by atoms with Crippen LogP contribution in [0.1, 0.15) is 32.8 Å². The van der Waals surface area contributed by atoms with E-state index in [1.54, 1.807) is 0 Å². The van der Waals surface area contributed by atoms with Gasteiger partial charge in [-0.15, -0.1) is 0 Å². The third kappa shape index (κ3) is 5.39. The normalized spacial score (nSPS) is 21.2. The molecule has 0 saturated carbocycles. The number of para-hydroxylation sites is 1. The van der Waals surface area contributed by atoms with Gasteiger partial charge < -0.3 is 14.4 Å². The molecule has 3 heterocycles. The maximum atomic E-state index is 12.9. The number of thioether (sulfide) groups is 1. The molecule has 5 rings (SSSR count). The van der Waals surface area contributed by atoms with Crippen LogP contribution in [0, 0.1) is 0 Å². The van der Waals surface area contributed by atoms with Crippen molar-refractivity contribution in [3.8, 4) is 22.7 Å². The molecule has 186 valence electrons. The molecule has 2 atom stereocenters. The van der Waals surface area contributed by atoms with Crippen LogP contribution >= 0.6 is 11.8 Å². The molecular weight excluding hydrogens is 472 g/mol. The molecule has 8 heteroatoms. The molecule has 1 amide bonds. The molecule has 0 bridgehead atoms. The van der Waals surface area contributed by atoms with E-state index in [4.69, 9.17) is 14.6 Å². The molecule has 0 N–H and O–H groups in total. The molecule has 1 aromatic heterocycles. The first kappa shape index (κ1) is 24.3. The largest absolute Gasteiger partial charge is 0.494 e. The Hall–Kier alpha value is -3.36. The van der Waals surface area contributed by atoms with Gasteiger partial charge in [-0.05, 0) is 74.5 Å². The zero-order chi connectivity index (χ0) is 25.1. The van der Waals surface area contributed by atoms with E-state index in [2.05, 4.69) is 16.8 Å². The Kier molecular flexibility index (Phi) is 7.25. The van der Waals surface area contributed by atoms with Crippen molar-refractivity contribution in [1.29, 1.82) is 0 Å². The minimum absolute atomic E-state index is 0.0974. The summed E-state index contributed by atoms with van der Waals surface area (Å²) in [6.07, 6.45) is 5.02. The zero-order valence-electron chi connectivity index (χ0n) is 20.8. The highest BCUT2D eigenvalue weighted by molar-refractivity contribution is 8.18. The Morgan fingerprint density at radius 2 is 1.81 bits per heavy atom. The molecule has 2 unspecified atom stereocenters. The maximum absolute atomic E-state index is 12.9. The van der Waals surface area contributed by atoms with Crippen LogP contribution in [0.3, 0.4) is 0 Å². The number of hydrogen-bond acceptors (Lipinski definition) is 6. The summed E-state index contributed by atoms with van der Waals surface area (Å²) in [6.45, 7) is 8.30. The lowest BCUT2D eigenvalue weighted by atomic mass is 10.1. The van der Waals surface area contributed by atoms with Gasteiger partial charge in [0, 0.05) is 30.4 Å². The smallest absolute Gasteiger partial charge is 0.286 e. The summed E-state index contributed by atoms with van der Waals surface area (Å²) < 4.78 is 13.4. The zero-order valence-corrected chi connectivity index (χ0v) is 21.6. The standard InChI is InChI=1S/C28H30N4O3S/c1-4-14-34-24-12-10-21(11-13-24)26-22(18-32(30-26)23-8-6-5-7-9-23)15-25-27(33)29-28(36-25)31-16-19(2)35-20(3)17-31/h5-13,15,18-20H,4,14,16-17H2,1-3H3/b25-15+. The van der Waals surface area contributed by atoms with Crippen LogP contribution in [-0.2, 0) is 9.53 Å². The molecule has 36 heavy (non-hydrogen) atoms. The molecule has 0 aliphatic carbocycles. The van der Waals surface area contributed by atoms with Gasteiger partial charge in [0.05, 0.1) is 35.1 Å². The van der Waals surface area contributed by atoms with Crippen molar-refractivity contribution in [2.24, 2.45) is 4.99 Å². The molecule has 2 aliphatic rings. The van der Waals surface area contributed by atoms with Crippen molar-refractivity contribution in [1.82, 2.24) is 14.7 Å². The van der Waals surface area contributed by atoms with Crippen LogP contribution in [0.2, 0.25) is 0 Å². The topological polar surface area (TPSA) is 68.9 Å². The van der Waals surface area contributed by atoms with E-state index in [1.807, 2.05) is 85.4 Å². The number of ether oxygens (including phenoxy) is 2. The van der Waals surface area contributed by atoms with Gasteiger partial charge in [-0.25, -0.2) is 4.68 Å². The van der Waals surface area contributed by atoms with Crippen molar-refractivity contribution in [3.63, 3.8) is 0 Å². The van der Waals surface area contributed by atoms with Crippen molar-refractivity contribution >= 4 is 28.9 Å². The van der Waals surface area contributed by atoms with Crippen LogP contribution < -0.4 is 4.74 Å². The maximum Gasteiger partial charge on any atom is 0.286 e. The number of amides is 1. The van der Waals surface area contributed by atoms with E-state index < -0.39 is 0 Å². The van der Waals surface area contributed by atoms with E-state index in [9.17, 15) is 4.79 Å². The predicted octanol–water partition coefficient (Wildman–Crippen LogP) is 5.41. The first-order chi connectivity index (χ1) is 17.5. The Bertz CT molecular complexity index is 1270. The molecule has 2 aliphatic heterocycles. The molecule has 1 saturated heterocycles. The van der Waals surface area contributed by atoms with Gasteiger partial charge in [-0.1, -0.05) is 25.1 Å². The Morgan fingerprint density at radius 3 is 2.50 bits per heavy atom. The summed E-state index contributed by atoms with van der Waals surface area (Å²) in [6, 6.07) is 17.9. The summed E-state index contributed by atoms with van der Waals surface area (Å²) >= 11 is 1.42. The average Bonchev–Trinajstić information content (AvgIpc) is 3.47. The summed E-state index contributed by atoms with van der Waals surface area (Å²) in [5, 5.41) is 5.62. The van der Waals surface area contributed by atoms with Crippen LogP contribution in [0.5, 0.6) is 5.75 Å². The Labute approximate surface area is 215 Å². The number of benzene rings is 2. The second kappa shape index (κ2) is 10.7. The van der Waals surface area contributed by atoms with Crippen molar-refractivity contribution in [2.45, 2.75) is 39.4 Å². The van der Waals surface area contributed by atoms with Crippen LogP contribution in [0.25, 0.3) is 23.0 Å². The number of aromatic nitrogens is 2. The van der Waals surface area contributed by atoms with Crippen LogP contribution in [0.15, 0.2) is 70.7 Å². The van der Waals surface area contributed by atoms with E-state index in [0.29, 0.717) is 11.5 Å². The molecular formula is C28H30N4O3S. The molecule has 0 radical (unpaired) electrons. The van der Waals surface area contributed by atoms with Gasteiger partial charge in [0.15, 0.2) is 5.17 Å². The lowest BCUT2D eigenvalue weighted by Gasteiger charge is -2.35. The molecule has 0 spiro atoms. The highest BCUT2D eigenvalue weighted by Crippen LogP contribution is 2.34. The number of rotatable bonds is 6. The highest BCUT2D eigenvalue weighted by atomic mass is 32.2. The SMILES string of the molecule is CCCOc1ccc(-c2nn(-c3ccccc3)cc2/C=C2/SC(N3CC(C)OC(C)C3)=NC2=O)cc1. The average molecular weight is 503 g/mol. The number of carbonyl (C=O) groups is 1. The fraction of sp³-hybridized carbons (Fsp3) is 0.321. The quantitative estimate of drug-likeness (QED) is 0.420. The Morgan fingerprint density at radius 1 is 1.08 bits per heavy atom. The highest BCUT2D eigenvalue weighted by Gasteiger charge is 2.31. The van der Waals surface area contributed by atoms with Crippen molar-refractivity contribution in [3.05, 3.63) is 71.3 Å². The molecule has 7 nitrogen and oxygen atoms in total. The summed E-state index contributed by atoms with van der Waals surface area (Å²) in [5.74, 6) is 0.611. The molecule has 3 aromatic rings. The first-order valence-corrected chi connectivity index (χ1v) is 13.1. The van der Waals surface area contributed by atoms with Gasteiger partial charge in [-0.2, -0.15) is 10.1 Å². The first-order valence-electron chi connectivity index (χ1n) is 12.3. The van der Waals surface area contributed by atoms with Gasteiger partial charge in [-0.3, -0.25) is 4.79 Å². The lowest BCUT2D eigenvalue weighted by Crippen LogP contribution is -2.47. The summed E-state index contributed by atoms with van der Waals surface area (Å²) in [5.41, 5.74) is 3.55. The van der Waals surface area contributed by atoms with Crippen molar-refractivity contribution < 1.29 is 14.3 Å². The minimum atomic E-state index is -0.219. The lowest BCUT2D eigenvalue weighted by molar-refractivity contribution is -0.113. The second-order valence-corrected chi connectivity index (χ2v) is 10.1. The van der Waals surface area contributed by atoms with Crippen LogP contribution in [-0.4, -0.2) is 57.7 Å². The number of hydrogen-bond donors (Lipinski definition) is 0. The fourth-order valence-electron chi connectivity index (χ4n) is 4.37. The third-order valence-corrected chi connectivity index (χ3v) is 6.99. The van der Waals surface area contributed by atoms with Crippen LogP contribution in [0.4, 0.5) is 0 Å². The third-order valence-electron chi connectivity index (χ3n) is 5.95. The summed E-state index contributed by atoms with van der Waals surface area (Å²) in [4.78, 5) is 20.0. The number of amidine groups is 1. The van der Waals surface area contributed by atoms with E-state index in [1.165, 1.54) is 11.8 Å². The fourth-order valence-corrected chi connectivity index (χ4v) is 5.29. The number of carbonyl (C=O) groups excluding carboxylic acids is 1. The van der Waals surface area contributed by atoms with Crippen molar-refractivity contribution in [2.75, 3.05) is 19.7 Å². The van der Waals surface area contributed by atoms with Gasteiger partial charge in [0.1, 0.15) is 5.75 Å². The number of nitrogens with zero attached hydrogens (tertiary/aromatic N) is 4. The van der Waals surface area contributed by atoms with Gasteiger partial charge in [0.2, 0.25) is 0 Å². The predicted molar refractivity (Wildman–Crippen MR) is 144 cm³/mol. The number of morpholine rings is 1. The Balaban J connectivity index is 1.46. The second-order valence-electron chi connectivity index (χ2n) is 9.06. The van der Waals surface area contributed by atoms with E-state index in [-0.39, 0.29) is 18.1 Å². The van der Waals surface area contributed by atoms with Gasteiger partial charge in [0.25, 0.3) is 5.91 Å². The van der Waals surface area contributed by atoms with E-state index in [0.717, 1.165) is 52.9 Å². The molecule has 2 aromatic carbocycles. The molecule has 1 fully saturated rings. The van der Waals surface area contributed by atoms with E-state index >= 15 is 0 Å². The summed E-state index contributed by atoms with van der Waals surface area (Å²) in [7, 11) is 0. The number of aliphatic imine (C=N–C) groups is 1. The monoisotopic (exact) mass is 502 g/mol. The van der Waals surface area contributed by atoms with Gasteiger partial charge >= 0.3 is 0 Å². The minimum Gasteiger partial charge on any atom is -0.494 e.